The molecule has 1 atom stereocenters. The Labute approximate surface area is 199 Å². The number of nitrogens with zero attached hydrogens (tertiary/aromatic N) is 3. The van der Waals surface area contributed by atoms with E-state index in [2.05, 4.69) is 33.0 Å². The number of benzene rings is 1. The summed E-state index contributed by atoms with van der Waals surface area (Å²) in [7, 11) is 3.89. The van der Waals surface area contributed by atoms with E-state index in [0.717, 1.165) is 35.3 Å². The molecule has 1 aromatic carbocycles. The number of carbonyl (C=O) groups excluding carboxylic acids is 1. The van der Waals surface area contributed by atoms with E-state index in [-0.39, 0.29) is 23.4 Å². The van der Waals surface area contributed by atoms with Gasteiger partial charge in [0, 0.05) is 10.6 Å². The van der Waals surface area contributed by atoms with Gasteiger partial charge in [-0.25, -0.2) is 4.98 Å². The first-order valence-electron chi connectivity index (χ1n) is 11.6. The fraction of sp³-hybridized carbons (Fsp3) is 0.500. The van der Waals surface area contributed by atoms with Crippen LogP contribution in [-0.4, -0.2) is 34.5 Å². The second-order valence-corrected chi connectivity index (χ2v) is 11.6. The van der Waals surface area contributed by atoms with Crippen molar-refractivity contribution in [3.63, 3.8) is 0 Å². The maximum atomic E-state index is 13.6. The molecule has 2 heterocycles. The minimum atomic E-state index is -0.223. The average Bonchev–Trinajstić information content (AvgIpc) is 3.07. The number of amides is 1. The number of carbonyl (C=O) groups is 1. The van der Waals surface area contributed by atoms with Gasteiger partial charge in [-0.2, -0.15) is 0 Å². The summed E-state index contributed by atoms with van der Waals surface area (Å²) in [6, 6.07) is 7.90. The first-order chi connectivity index (χ1) is 15.5. The van der Waals surface area contributed by atoms with E-state index in [1.807, 2.05) is 43.3 Å². The summed E-state index contributed by atoms with van der Waals surface area (Å²) in [5.41, 5.74) is 3.04. The van der Waals surface area contributed by atoms with Gasteiger partial charge >= 0.3 is 0 Å². The van der Waals surface area contributed by atoms with Crippen LogP contribution in [0.1, 0.15) is 55.9 Å². The number of nitrogens with one attached hydrogen (secondary N) is 1. The van der Waals surface area contributed by atoms with E-state index in [9.17, 15) is 9.59 Å². The Morgan fingerprint density at radius 1 is 1.24 bits per heavy atom. The molecule has 1 unspecified atom stereocenters. The molecule has 3 aromatic rings. The van der Waals surface area contributed by atoms with Gasteiger partial charge in [0.25, 0.3) is 5.56 Å². The van der Waals surface area contributed by atoms with Gasteiger partial charge in [-0.05, 0) is 68.0 Å². The molecule has 0 radical (unpaired) electrons. The van der Waals surface area contributed by atoms with Crippen molar-refractivity contribution in [1.29, 1.82) is 0 Å². The molecular formula is C26H34N4O2S. The average molecular weight is 467 g/mol. The molecule has 0 bridgehead atoms. The lowest BCUT2D eigenvalue weighted by Gasteiger charge is -2.19. The molecule has 0 spiro atoms. The third-order valence-corrected chi connectivity index (χ3v) is 7.44. The largest absolute Gasteiger partial charge is 0.325 e. The quantitative estimate of drug-likeness (QED) is 0.598. The van der Waals surface area contributed by atoms with Gasteiger partial charge in [0.1, 0.15) is 17.2 Å². The number of hydrogen-bond acceptors (Lipinski definition) is 5. The molecule has 6 nitrogen and oxygen atoms in total. The van der Waals surface area contributed by atoms with Crippen LogP contribution in [0.2, 0.25) is 0 Å². The Bertz CT molecular complexity index is 1230. The van der Waals surface area contributed by atoms with Crippen LogP contribution in [0.3, 0.4) is 0 Å². The standard InChI is InChI=1S/C26H34N4O2S/c1-16-7-12-19-20(13-16)33-24-23(19)25(32)30(21(28-24)14-29(5)6)15-22(31)27-18-10-8-17(9-11-18)26(2,3)4/h8-11,16H,7,12-15H2,1-6H3,(H,27,31). The van der Waals surface area contributed by atoms with Gasteiger partial charge in [0.15, 0.2) is 0 Å². The number of aryl methyl sites for hydroxylation is 1. The van der Waals surface area contributed by atoms with Crippen molar-refractivity contribution in [3.05, 3.63) is 56.4 Å². The first kappa shape index (κ1) is 23.6. The number of fused-ring (bicyclic) bond motifs is 3. The van der Waals surface area contributed by atoms with E-state index in [1.54, 1.807) is 15.9 Å². The summed E-state index contributed by atoms with van der Waals surface area (Å²) in [6.45, 7) is 9.18. The molecule has 1 N–H and O–H groups in total. The second-order valence-electron chi connectivity index (χ2n) is 10.6. The molecule has 33 heavy (non-hydrogen) atoms. The van der Waals surface area contributed by atoms with Crippen molar-refractivity contribution in [2.75, 3.05) is 19.4 Å². The normalized spacial score (nSPS) is 16.3. The van der Waals surface area contributed by atoms with Crippen molar-refractivity contribution in [2.45, 2.75) is 65.5 Å². The van der Waals surface area contributed by atoms with Gasteiger partial charge < -0.3 is 10.2 Å². The molecule has 176 valence electrons. The van der Waals surface area contributed by atoms with Gasteiger partial charge in [-0.3, -0.25) is 14.2 Å². The molecule has 2 aromatic heterocycles. The Balaban J connectivity index is 1.66. The zero-order valence-corrected chi connectivity index (χ0v) is 21.3. The summed E-state index contributed by atoms with van der Waals surface area (Å²) < 4.78 is 1.56. The van der Waals surface area contributed by atoms with Crippen molar-refractivity contribution in [1.82, 2.24) is 14.5 Å². The minimum absolute atomic E-state index is 0.0486. The van der Waals surface area contributed by atoms with Gasteiger partial charge in [-0.15, -0.1) is 11.3 Å². The number of rotatable bonds is 5. The van der Waals surface area contributed by atoms with Crippen LogP contribution in [0.25, 0.3) is 10.2 Å². The number of thiophene rings is 1. The maximum absolute atomic E-state index is 13.6. The zero-order chi connectivity index (χ0) is 23.9. The predicted octanol–water partition coefficient (Wildman–Crippen LogP) is 4.58. The molecular weight excluding hydrogens is 432 g/mol. The third-order valence-electron chi connectivity index (χ3n) is 6.29. The first-order valence-corrected chi connectivity index (χ1v) is 12.4. The number of hydrogen-bond donors (Lipinski definition) is 1. The Hall–Kier alpha value is -2.51. The van der Waals surface area contributed by atoms with Crippen LogP contribution >= 0.6 is 11.3 Å². The van der Waals surface area contributed by atoms with Crippen LogP contribution in [0.4, 0.5) is 5.69 Å². The van der Waals surface area contributed by atoms with E-state index in [1.165, 1.54) is 10.4 Å². The van der Waals surface area contributed by atoms with Crippen LogP contribution in [0.15, 0.2) is 29.1 Å². The highest BCUT2D eigenvalue weighted by atomic mass is 32.1. The van der Waals surface area contributed by atoms with Crippen LogP contribution in [0.5, 0.6) is 0 Å². The smallest absolute Gasteiger partial charge is 0.263 e. The molecule has 1 amide bonds. The van der Waals surface area contributed by atoms with Gasteiger partial charge in [0.05, 0.1) is 11.9 Å². The third kappa shape index (κ3) is 5.04. The Kier molecular flexibility index (Phi) is 6.47. The van der Waals surface area contributed by atoms with Gasteiger partial charge in [0.2, 0.25) is 5.91 Å². The highest BCUT2D eigenvalue weighted by molar-refractivity contribution is 7.18. The lowest BCUT2D eigenvalue weighted by molar-refractivity contribution is -0.116. The SMILES string of the molecule is CC1CCc2c(sc3nc(CN(C)C)n(CC(=O)Nc4ccc(C(C)(C)C)cc4)c(=O)c23)C1. The second kappa shape index (κ2) is 9.03. The van der Waals surface area contributed by atoms with Crippen molar-refractivity contribution >= 4 is 33.1 Å². The summed E-state index contributed by atoms with van der Waals surface area (Å²) in [5.74, 6) is 1.03. The molecule has 4 rings (SSSR count). The minimum Gasteiger partial charge on any atom is -0.325 e. The van der Waals surface area contributed by atoms with Crippen molar-refractivity contribution in [3.8, 4) is 0 Å². The molecule has 0 saturated heterocycles. The lowest BCUT2D eigenvalue weighted by atomic mass is 9.87. The highest BCUT2D eigenvalue weighted by Gasteiger charge is 2.25. The number of aromatic nitrogens is 2. The highest BCUT2D eigenvalue weighted by Crippen LogP contribution is 2.36. The fourth-order valence-electron chi connectivity index (χ4n) is 4.43. The fourth-order valence-corrected chi connectivity index (χ4v) is 5.82. The van der Waals surface area contributed by atoms with Crippen LogP contribution < -0.4 is 10.9 Å². The van der Waals surface area contributed by atoms with Crippen LogP contribution in [-0.2, 0) is 36.1 Å². The molecule has 7 heteroatoms. The Morgan fingerprint density at radius 2 is 1.94 bits per heavy atom. The molecule has 0 fully saturated rings. The van der Waals surface area contributed by atoms with Crippen molar-refractivity contribution < 1.29 is 4.79 Å². The molecule has 0 aliphatic heterocycles. The summed E-state index contributed by atoms with van der Waals surface area (Å²) in [5, 5.41) is 3.66. The topological polar surface area (TPSA) is 67.2 Å². The van der Waals surface area contributed by atoms with Crippen molar-refractivity contribution in [2.24, 2.45) is 5.92 Å². The van der Waals surface area contributed by atoms with Crippen LogP contribution in [0, 0.1) is 5.92 Å². The van der Waals surface area contributed by atoms with E-state index in [4.69, 9.17) is 4.98 Å². The van der Waals surface area contributed by atoms with E-state index < -0.39 is 0 Å². The lowest BCUT2D eigenvalue weighted by Crippen LogP contribution is -2.33. The summed E-state index contributed by atoms with van der Waals surface area (Å²) in [4.78, 5) is 35.5. The molecule has 0 saturated carbocycles. The summed E-state index contributed by atoms with van der Waals surface area (Å²) in [6.07, 6.45) is 3.00. The summed E-state index contributed by atoms with van der Waals surface area (Å²) >= 11 is 1.65. The predicted molar refractivity (Wildman–Crippen MR) is 136 cm³/mol. The molecule has 1 aliphatic carbocycles. The number of anilines is 1. The monoisotopic (exact) mass is 466 g/mol. The zero-order valence-electron chi connectivity index (χ0n) is 20.5. The van der Waals surface area contributed by atoms with E-state index >= 15 is 0 Å². The van der Waals surface area contributed by atoms with Gasteiger partial charge in [-0.1, -0.05) is 39.8 Å². The molecule has 1 aliphatic rings. The maximum Gasteiger partial charge on any atom is 0.263 e. The Morgan fingerprint density at radius 3 is 2.58 bits per heavy atom. The van der Waals surface area contributed by atoms with E-state index in [0.29, 0.717) is 23.7 Å².